The van der Waals surface area contributed by atoms with Gasteiger partial charge >= 0.3 is 11.9 Å². The SMILES string of the molecule is CC(=O)OC=C1CC2C3CCC4CC(OC(C)=O)CCC4(C)C3CCC2(C)C1=O. The van der Waals surface area contributed by atoms with Crippen LogP contribution in [0, 0.1) is 34.5 Å². The summed E-state index contributed by atoms with van der Waals surface area (Å²) in [5, 5.41) is 0. The van der Waals surface area contributed by atoms with Gasteiger partial charge in [0.1, 0.15) is 12.4 Å². The average molecular weight is 403 g/mol. The highest BCUT2D eigenvalue weighted by molar-refractivity contribution is 6.02. The topological polar surface area (TPSA) is 69.7 Å². The van der Waals surface area contributed by atoms with Crippen LogP contribution in [0.4, 0.5) is 0 Å². The van der Waals surface area contributed by atoms with Gasteiger partial charge in [-0.05, 0) is 80.5 Å². The lowest BCUT2D eigenvalue weighted by Crippen LogP contribution is -2.54. The van der Waals surface area contributed by atoms with Gasteiger partial charge in [-0.3, -0.25) is 14.4 Å². The van der Waals surface area contributed by atoms with Crippen LogP contribution in [0.15, 0.2) is 11.8 Å². The van der Waals surface area contributed by atoms with Crippen molar-refractivity contribution in [1.82, 2.24) is 0 Å². The van der Waals surface area contributed by atoms with Gasteiger partial charge in [-0.1, -0.05) is 13.8 Å². The molecule has 0 heterocycles. The van der Waals surface area contributed by atoms with Crippen LogP contribution < -0.4 is 0 Å². The third-order valence-electron chi connectivity index (χ3n) is 8.96. The lowest BCUT2D eigenvalue weighted by atomic mass is 9.45. The molecule has 4 aliphatic carbocycles. The molecular weight excluding hydrogens is 368 g/mol. The van der Waals surface area contributed by atoms with Crippen LogP contribution in [0.2, 0.25) is 0 Å². The number of Topliss-reactive ketones (excluding diaryl/α,β-unsaturated/α-hetero) is 1. The number of carbonyl (C=O) groups excluding carboxylic acids is 3. The average Bonchev–Trinajstić information content (AvgIpc) is 2.91. The van der Waals surface area contributed by atoms with E-state index in [1.54, 1.807) is 0 Å². The van der Waals surface area contributed by atoms with Gasteiger partial charge in [0.2, 0.25) is 0 Å². The summed E-state index contributed by atoms with van der Waals surface area (Å²) in [6, 6.07) is 0. The van der Waals surface area contributed by atoms with Crippen LogP contribution >= 0.6 is 0 Å². The van der Waals surface area contributed by atoms with E-state index in [9.17, 15) is 14.4 Å². The zero-order valence-corrected chi connectivity index (χ0v) is 18.2. The molecule has 4 rings (SSSR count). The molecule has 4 fully saturated rings. The fourth-order valence-electron chi connectivity index (χ4n) is 7.49. The van der Waals surface area contributed by atoms with Gasteiger partial charge in [0, 0.05) is 24.8 Å². The van der Waals surface area contributed by atoms with Crippen molar-refractivity contribution in [2.75, 3.05) is 0 Å². The van der Waals surface area contributed by atoms with Crippen molar-refractivity contribution in [3.8, 4) is 0 Å². The quantitative estimate of drug-likeness (QED) is 0.384. The number of rotatable bonds is 2. The van der Waals surface area contributed by atoms with E-state index in [4.69, 9.17) is 9.47 Å². The first-order chi connectivity index (χ1) is 13.6. The number of allylic oxidation sites excluding steroid dienone is 1. The normalized spacial score (nSPS) is 45.2. The van der Waals surface area contributed by atoms with Crippen molar-refractivity contribution >= 4 is 17.7 Å². The first-order valence-electron chi connectivity index (χ1n) is 11.2. The molecule has 4 saturated carbocycles. The van der Waals surface area contributed by atoms with Crippen LogP contribution in [0.25, 0.3) is 0 Å². The fourth-order valence-corrected chi connectivity index (χ4v) is 7.49. The predicted molar refractivity (Wildman–Crippen MR) is 108 cm³/mol. The summed E-state index contributed by atoms with van der Waals surface area (Å²) in [7, 11) is 0. The predicted octanol–water partition coefficient (Wildman–Crippen LogP) is 4.59. The van der Waals surface area contributed by atoms with Crippen LogP contribution in [0.5, 0.6) is 0 Å². The van der Waals surface area contributed by atoms with Crippen molar-refractivity contribution in [2.24, 2.45) is 34.5 Å². The number of ketones is 1. The number of ether oxygens (including phenoxy) is 2. The van der Waals surface area contributed by atoms with Gasteiger partial charge in [-0.25, -0.2) is 0 Å². The van der Waals surface area contributed by atoms with E-state index in [1.807, 2.05) is 0 Å². The highest BCUT2D eigenvalue weighted by atomic mass is 16.5. The first kappa shape index (κ1) is 20.6. The molecule has 5 heteroatoms. The van der Waals surface area contributed by atoms with E-state index in [-0.39, 0.29) is 34.7 Å². The van der Waals surface area contributed by atoms with Gasteiger partial charge in [-0.15, -0.1) is 0 Å². The summed E-state index contributed by atoms with van der Waals surface area (Å²) in [4.78, 5) is 35.8. The summed E-state index contributed by atoms with van der Waals surface area (Å²) in [5.41, 5.74) is 0.650. The fraction of sp³-hybridized carbons (Fsp3) is 0.792. The third kappa shape index (κ3) is 3.34. The molecule has 0 bridgehead atoms. The Hall–Kier alpha value is -1.65. The second kappa shape index (κ2) is 7.24. The van der Waals surface area contributed by atoms with Gasteiger partial charge in [0.15, 0.2) is 5.78 Å². The maximum atomic E-state index is 13.1. The molecule has 0 aromatic carbocycles. The molecule has 0 saturated heterocycles. The second-order valence-corrected chi connectivity index (χ2v) is 10.4. The summed E-state index contributed by atoms with van der Waals surface area (Å²) >= 11 is 0. The van der Waals surface area contributed by atoms with E-state index in [0.29, 0.717) is 29.2 Å². The zero-order valence-electron chi connectivity index (χ0n) is 18.2. The van der Waals surface area contributed by atoms with E-state index in [0.717, 1.165) is 51.4 Å². The minimum atomic E-state index is -0.374. The monoisotopic (exact) mass is 402 g/mol. The molecule has 29 heavy (non-hydrogen) atoms. The van der Waals surface area contributed by atoms with Gasteiger partial charge in [-0.2, -0.15) is 0 Å². The van der Waals surface area contributed by atoms with Gasteiger partial charge < -0.3 is 9.47 Å². The van der Waals surface area contributed by atoms with Crippen molar-refractivity contribution < 1.29 is 23.9 Å². The molecule has 0 radical (unpaired) electrons. The molecule has 5 nitrogen and oxygen atoms in total. The highest BCUT2D eigenvalue weighted by Gasteiger charge is 2.61. The Morgan fingerprint density at radius 2 is 1.76 bits per heavy atom. The summed E-state index contributed by atoms with van der Waals surface area (Å²) in [5.74, 6) is 1.76. The van der Waals surface area contributed by atoms with Crippen LogP contribution in [-0.4, -0.2) is 23.8 Å². The van der Waals surface area contributed by atoms with E-state index in [2.05, 4.69) is 13.8 Å². The van der Waals surface area contributed by atoms with E-state index < -0.39 is 0 Å². The number of hydrogen-bond acceptors (Lipinski definition) is 5. The van der Waals surface area contributed by atoms with Crippen LogP contribution in [0.3, 0.4) is 0 Å². The second-order valence-electron chi connectivity index (χ2n) is 10.4. The molecule has 7 atom stereocenters. The molecule has 0 aromatic rings. The Morgan fingerprint density at radius 1 is 1.00 bits per heavy atom. The highest BCUT2D eigenvalue weighted by Crippen LogP contribution is 2.66. The zero-order chi connectivity index (χ0) is 21.0. The third-order valence-corrected chi connectivity index (χ3v) is 8.96. The van der Waals surface area contributed by atoms with Crippen LogP contribution in [-0.2, 0) is 23.9 Å². The van der Waals surface area contributed by atoms with Gasteiger partial charge in [0.05, 0.1) is 0 Å². The Morgan fingerprint density at radius 3 is 2.45 bits per heavy atom. The lowest BCUT2D eigenvalue weighted by molar-refractivity contribution is -0.160. The van der Waals surface area contributed by atoms with Crippen molar-refractivity contribution in [3.63, 3.8) is 0 Å². The minimum absolute atomic E-state index is 0.0716. The number of esters is 2. The van der Waals surface area contributed by atoms with Gasteiger partial charge in [0.25, 0.3) is 0 Å². The number of fused-ring (bicyclic) bond motifs is 5. The number of hydrogen-bond donors (Lipinski definition) is 0. The van der Waals surface area contributed by atoms with Crippen molar-refractivity contribution in [3.05, 3.63) is 11.8 Å². The maximum absolute atomic E-state index is 13.1. The summed E-state index contributed by atoms with van der Waals surface area (Å²) in [6.07, 6.45) is 9.57. The number of carbonyl (C=O) groups is 3. The molecular formula is C24H34O5. The first-order valence-corrected chi connectivity index (χ1v) is 11.2. The maximum Gasteiger partial charge on any atom is 0.307 e. The van der Waals surface area contributed by atoms with E-state index in [1.165, 1.54) is 20.1 Å². The Bertz CT molecular complexity index is 754. The molecule has 160 valence electrons. The molecule has 7 unspecified atom stereocenters. The lowest BCUT2D eigenvalue weighted by Gasteiger charge is -2.60. The van der Waals surface area contributed by atoms with Crippen molar-refractivity contribution in [1.29, 1.82) is 0 Å². The molecule has 4 aliphatic rings. The standard InChI is InChI=1S/C24H34O5/c1-14(25)28-13-16-11-21-19-6-5-17-12-18(29-15(2)26)7-9-23(17,3)20(19)8-10-24(21,4)22(16)27/h13,17-21H,5-12H2,1-4H3. The molecule has 0 aliphatic heterocycles. The molecule has 0 amide bonds. The van der Waals surface area contributed by atoms with Crippen molar-refractivity contribution in [2.45, 2.75) is 85.2 Å². The largest absolute Gasteiger partial charge is 0.463 e. The Balaban J connectivity index is 1.54. The summed E-state index contributed by atoms with van der Waals surface area (Å²) < 4.78 is 10.6. The molecule has 0 spiro atoms. The smallest absolute Gasteiger partial charge is 0.307 e. The molecule has 0 aromatic heterocycles. The van der Waals surface area contributed by atoms with Crippen LogP contribution in [0.1, 0.15) is 79.1 Å². The minimum Gasteiger partial charge on any atom is -0.463 e. The summed E-state index contributed by atoms with van der Waals surface area (Å²) in [6.45, 7) is 7.46. The Kier molecular flexibility index (Phi) is 5.15. The Labute approximate surface area is 173 Å². The van der Waals surface area contributed by atoms with E-state index >= 15 is 0 Å². The molecule has 0 N–H and O–H groups in total.